The molecule has 2 heterocycles. The molecule has 2 aromatic heterocycles. The maximum absolute atomic E-state index is 10.7. The van der Waals surface area contributed by atoms with Crippen LogP contribution in [-0.2, 0) is 0 Å². The molecule has 0 spiro atoms. The first-order valence-electron chi connectivity index (χ1n) is 4.92. The van der Waals surface area contributed by atoms with Gasteiger partial charge in [0.05, 0.1) is 0 Å². The van der Waals surface area contributed by atoms with Crippen LogP contribution in [0.15, 0.2) is 24.5 Å². The van der Waals surface area contributed by atoms with E-state index in [9.17, 15) is 4.79 Å². The van der Waals surface area contributed by atoms with Gasteiger partial charge in [-0.3, -0.25) is 9.78 Å². The number of aldehydes is 1. The summed E-state index contributed by atoms with van der Waals surface area (Å²) >= 11 is 0. The van der Waals surface area contributed by atoms with Gasteiger partial charge in [-0.25, -0.2) is 9.97 Å². The molecule has 0 aromatic carbocycles. The zero-order chi connectivity index (χ0) is 11.5. The average Bonchev–Trinajstić information content (AvgIpc) is 2.28. The number of carbonyl (C=O) groups excluding carboxylic acids is 1. The monoisotopic (exact) mass is 213 g/mol. The molecule has 0 saturated carbocycles. The van der Waals surface area contributed by atoms with Gasteiger partial charge in [0.15, 0.2) is 12.1 Å². The average molecular weight is 213 g/mol. The molecule has 2 rings (SSSR count). The van der Waals surface area contributed by atoms with Gasteiger partial charge in [-0.1, -0.05) is 0 Å². The van der Waals surface area contributed by atoms with Crippen molar-refractivity contribution in [3.8, 4) is 11.4 Å². The number of nitrogens with zero attached hydrogens (tertiary/aromatic N) is 3. The lowest BCUT2D eigenvalue weighted by Crippen LogP contribution is -1.98. The largest absolute Gasteiger partial charge is 0.296 e. The third-order valence-corrected chi connectivity index (χ3v) is 2.27. The second kappa shape index (κ2) is 4.18. The summed E-state index contributed by atoms with van der Waals surface area (Å²) in [7, 11) is 0. The molecule has 0 N–H and O–H groups in total. The minimum Gasteiger partial charge on any atom is -0.296 e. The van der Waals surface area contributed by atoms with E-state index in [1.165, 1.54) is 0 Å². The van der Waals surface area contributed by atoms with Crippen LogP contribution < -0.4 is 0 Å². The van der Waals surface area contributed by atoms with Gasteiger partial charge in [0, 0.05) is 23.7 Å². The minimum absolute atomic E-state index is 0.394. The number of aryl methyl sites for hydroxylation is 2. The molecule has 0 unspecified atom stereocenters. The third kappa shape index (κ3) is 1.95. The highest BCUT2D eigenvalue weighted by Crippen LogP contribution is 2.18. The van der Waals surface area contributed by atoms with Gasteiger partial charge in [0.2, 0.25) is 0 Å². The summed E-state index contributed by atoms with van der Waals surface area (Å²) in [5.41, 5.74) is 3.06. The van der Waals surface area contributed by atoms with Crippen molar-refractivity contribution in [3.05, 3.63) is 41.5 Å². The van der Waals surface area contributed by atoms with E-state index >= 15 is 0 Å². The fourth-order valence-corrected chi connectivity index (χ4v) is 1.47. The lowest BCUT2D eigenvalue weighted by atomic mass is 10.1. The predicted octanol–water partition coefficient (Wildman–Crippen LogP) is 1.97. The molecule has 0 fully saturated rings. The normalized spacial score (nSPS) is 10.1. The molecule has 0 aliphatic heterocycles. The summed E-state index contributed by atoms with van der Waals surface area (Å²) in [5.74, 6) is 0.549. The Kier molecular flexibility index (Phi) is 2.72. The van der Waals surface area contributed by atoms with Crippen molar-refractivity contribution >= 4 is 6.29 Å². The topological polar surface area (TPSA) is 55.7 Å². The van der Waals surface area contributed by atoms with Crippen LogP contribution in [0.3, 0.4) is 0 Å². The molecule has 16 heavy (non-hydrogen) atoms. The minimum atomic E-state index is 0.394. The van der Waals surface area contributed by atoms with Crippen LogP contribution in [0.1, 0.15) is 21.7 Å². The van der Waals surface area contributed by atoms with E-state index < -0.39 is 0 Å². The molecule has 0 bridgehead atoms. The van der Waals surface area contributed by atoms with E-state index in [1.807, 2.05) is 19.9 Å². The molecule has 2 aromatic rings. The molecular weight excluding hydrogens is 202 g/mol. The molecule has 0 atom stereocenters. The highest BCUT2D eigenvalue weighted by atomic mass is 16.1. The number of rotatable bonds is 2. The van der Waals surface area contributed by atoms with Gasteiger partial charge in [0.25, 0.3) is 0 Å². The highest BCUT2D eigenvalue weighted by Gasteiger charge is 2.07. The Morgan fingerprint density at radius 2 is 2.06 bits per heavy atom. The molecule has 0 aliphatic rings. The van der Waals surface area contributed by atoms with Gasteiger partial charge < -0.3 is 0 Å². The van der Waals surface area contributed by atoms with Crippen molar-refractivity contribution in [3.63, 3.8) is 0 Å². The Morgan fingerprint density at radius 3 is 2.75 bits per heavy atom. The Bertz CT molecular complexity index is 538. The second-order valence-electron chi connectivity index (χ2n) is 3.57. The number of aromatic nitrogens is 3. The van der Waals surface area contributed by atoms with E-state index in [-0.39, 0.29) is 0 Å². The summed E-state index contributed by atoms with van der Waals surface area (Å²) in [5, 5.41) is 0. The van der Waals surface area contributed by atoms with Gasteiger partial charge in [-0.15, -0.1) is 0 Å². The maximum Gasteiger partial charge on any atom is 0.168 e. The Labute approximate surface area is 93.4 Å². The van der Waals surface area contributed by atoms with E-state index in [2.05, 4.69) is 15.0 Å². The third-order valence-electron chi connectivity index (χ3n) is 2.27. The zero-order valence-electron chi connectivity index (χ0n) is 9.14. The molecule has 0 radical (unpaired) electrons. The summed E-state index contributed by atoms with van der Waals surface area (Å²) in [4.78, 5) is 23.2. The molecule has 0 aliphatic carbocycles. The highest BCUT2D eigenvalue weighted by molar-refractivity contribution is 5.73. The van der Waals surface area contributed by atoms with Crippen LogP contribution >= 0.6 is 0 Å². The first kappa shape index (κ1) is 10.4. The molecule has 0 saturated heterocycles. The zero-order valence-corrected chi connectivity index (χ0v) is 9.14. The van der Waals surface area contributed by atoms with Crippen LogP contribution in [0.4, 0.5) is 0 Å². The fraction of sp³-hybridized carbons (Fsp3) is 0.167. The van der Waals surface area contributed by atoms with Crippen molar-refractivity contribution in [2.24, 2.45) is 0 Å². The summed E-state index contributed by atoms with van der Waals surface area (Å²) in [6.07, 6.45) is 4.15. The standard InChI is InChI=1S/C12H11N3O/c1-8-3-4-13-6-11(8)12-14-9(2)5-10(7-16)15-12/h3-7H,1-2H3. The fourth-order valence-electron chi connectivity index (χ4n) is 1.47. The van der Waals surface area contributed by atoms with Crippen LogP contribution in [0.2, 0.25) is 0 Å². The van der Waals surface area contributed by atoms with Crippen LogP contribution in [-0.4, -0.2) is 21.2 Å². The Balaban J connectivity index is 2.60. The summed E-state index contributed by atoms with van der Waals surface area (Å²) in [6, 6.07) is 3.55. The van der Waals surface area contributed by atoms with Crippen molar-refractivity contribution in [1.29, 1.82) is 0 Å². The first-order chi connectivity index (χ1) is 7.70. The van der Waals surface area contributed by atoms with Crippen molar-refractivity contribution < 1.29 is 4.79 Å². The predicted molar refractivity (Wildman–Crippen MR) is 60.1 cm³/mol. The number of hydrogen-bond acceptors (Lipinski definition) is 4. The number of pyridine rings is 1. The van der Waals surface area contributed by atoms with Crippen molar-refractivity contribution in [2.75, 3.05) is 0 Å². The number of hydrogen-bond donors (Lipinski definition) is 0. The summed E-state index contributed by atoms with van der Waals surface area (Å²) in [6.45, 7) is 3.80. The Morgan fingerprint density at radius 1 is 1.25 bits per heavy atom. The van der Waals surface area contributed by atoms with Gasteiger partial charge >= 0.3 is 0 Å². The van der Waals surface area contributed by atoms with Crippen LogP contribution in [0.5, 0.6) is 0 Å². The van der Waals surface area contributed by atoms with Crippen molar-refractivity contribution in [2.45, 2.75) is 13.8 Å². The maximum atomic E-state index is 10.7. The van der Waals surface area contributed by atoms with Crippen LogP contribution in [0, 0.1) is 13.8 Å². The van der Waals surface area contributed by atoms with Crippen LogP contribution in [0.25, 0.3) is 11.4 Å². The number of carbonyl (C=O) groups is 1. The lowest BCUT2D eigenvalue weighted by molar-refractivity contribution is 0.111. The van der Waals surface area contributed by atoms with Gasteiger partial charge in [-0.2, -0.15) is 0 Å². The quantitative estimate of drug-likeness (QED) is 0.715. The lowest BCUT2D eigenvalue weighted by Gasteiger charge is -2.04. The molecule has 80 valence electrons. The second-order valence-corrected chi connectivity index (χ2v) is 3.57. The molecule has 4 heteroatoms. The van der Waals surface area contributed by atoms with E-state index in [4.69, 9.17) is 0 Å². The van der Waals surface area contributed by atoms with Crippen molar-refractivity contribution in [1.82, 2.24) is 15.0 Å². The molecule has 0 amide bonds. The van der Waals surface area contributed by atoms with Gasteiger partial charge in [0.1, 0.15) is 5.69 Å². The van der Waals surface area contributed by atoms with E-state index in [1.54, 1.807) is 18.5 Å². The molecular formula is C12H11N3O. The van der Waals surface area contributed by atoms with E-state index in [0.29, 0.717) is 11.5 Å². The first-order valence-corrected chi connectivity index (χ1v) is 4.92. The SMILES string of the molecule is Cc1cc(C=O)nc(-c2cnccc2C)n1. The summed E-state index contributed by atoms with van der Waals surface area (Å²) < 4.78 is 0. The molecule has 4 nitrogen and oxygen atoms in total. The Hall–Kier alpha value is -2.10. The van der Waals surface area contributed by atoms with E-state index in [0.717, 1.165) is 23.1 Å². The smallest absolute Gasteiger partial charge is 0.168 e. The van der Waals surface area contributed by atoms with Gasteiger partial charge in [-0.05, 0) is 31.5 Å².